The molecule has 110 valence electrons. The van der Waals surface area contributed by atoms with Crippen LogP contribution in [0.15, 0.2) is 0 Å². The van der Waals surface area contributed by atoms with E-state index in [1.807, 2.05) is 0 Å². The van der Waals surface area contributed by atoms with E-state index in [4.69, 9.17) is 0 Å². The van der Waals surface area contributed by atoms with Crippen LogP contribution in [0.25, 0.3) is 0 Å². The van der Waals surface area contributed by atoms with Crippen LogP contribution in [0.1, 0.15) is 44.9 Å². The Morgan fingerprint density at radius 1 is 0.947 bits per heavy atom. The molecule has 1 saturated carbocycles. The summed E-state index contributed by atoms with van der Waals surface area (Å²) < 4.78 is 23.1. The minimum absolute atomic E-state index is 0.402. The first-order chi connectivity index (χ1) is 9.14. The van der Waals surface area contributed by atoms with E-state index in [9.17, 15) is 8.42 Å². The molecule has 19 heavy (non-hydrogen) atoms. The van der Waals surface area contributed by atoms with E-state index in [2.05, 4.69) is 10.2 Å². The predicted molar refractivity (Wildman–Crippen MR) is 77.0 cm³/mol. The van der Waals surface area contributed by atoms with E-state index < -0.39 is 9.84 Å². The van der Waals surface area contributed by atoms with E-state index in [-0.39, 0.29) is 0 Å². The summed E-state index contributed by atoms with van der Waals surface area (Å²) in [6, 6.07) is 1.89. The quantitative estimate of drug-likeness (QED) is 0.843. The zero-order valence-electron chi connectivity index (χ0n) is 11.7. The Hall–Kier alpha value is -0.130. The van der Waals surface area contributed by atoms with Crippen LogP contribution in [-0.4, -0.2) is 56.0 Å². The number of piperidine rings is 1. The lowest BCUT2D eigenvalue weighted by Gasteiger charge is -2.38. The molecule has 4 nitrogen and oxygen atoms in total. The van der Waals surface area contributed by atoms with Gasteiger partial charge in [0.2, 0.25) is 0 Å². The van der Waals surface area contributed by atoms with Crippen LogP contribution in [-0.2, 0) is 9.84 Å². The molecule has 3 fully saturated rings. The van der Waals surface area contributed by atoms with Crippen molar-refractivity contribution in [3.05, 3.63) is 0 Å². The average Bonchev–Trinajstić information content (AvgIpc) is 3.22. The Kier molecular flexibility index (Phi) is 4.15. The summed E-state index contributed by atoms with van der Waals surface area (Å²) in [5.74, 6) is 0.804. The molecule has 0 bridgehead atoms. The van der Waals surface area contributed by atoms with E-state index in [1.54, 1.807) is 0 Å². The number of sulfone groups is 1. The van der Waals surface area contributed by atoms with Gasteiger partial charge in [-0.05, 0) is 45.1 Å². The maximum atomic E-state index is 11.6. The molecule has 1 atom stereocenters. The number of hydrogen-bond acceptors (Lipinski definition) is 4. The van der Waals surface area contributed by atoms with Crippen molar-refractivity contribution in [3.63, 3.8) is 0 Å². The van der Waals surface area contributed by atoms with Crippen molar-refractivity contribution in [2.45, 2.75) is 63.1 Å². The van der Waals surface area contributed by atoms with Crippen molar-refractivity contribution in [1.29, 1.82) is 0 Å². The molecular weight excluding hydrogens is 260 g/mol. The van der Waals surface area contributed by atoms with Gasteiger partial charge in [0.15, 0.2) is 0 Å². The number of nitrogens with one attached hydrogen (secondary N) is 1. The van der Waals surface area contributed by atoms with Crippen LogP contribution in [0.3, 0.4) is 0 Å². The maximum Gasteiger partial charge on any atom is 0.150 e. The standard InChI is InChI=1S/C14H26N2O2S/c17-19(18)9-6-14(7-10-19)16(13-4-5-13)11-12-3-1-2-8-15-12/h12-15H,1-11H2. The molecule has 1 N–H and O–H groups in total. The maximum absolute atomic E-state index is 11.6. The van der Waals surface area contributed by atoms with Crippen LogP contribution in [0.4, 0.5) is 0 Å². The topological polar surface area (TPSA) is 49.4 Å². The summed E-state index contributed by atoms with van der Waals surface area (Å²) in [5, 5.41) is 3.63. The molecule has 1 unspecified atom stereocenters. The largest absolute Gasteiger partial charge is 0.313 e. The second-order valence-corrected chi connectivity index (χ2v) is 8.76. The van der Waals surface area contributed by atoms with Crippen molar-refractivity contribution in [3.8, 4) is 0 Å². The lowest BCUT2D eigenvalue weighted by Crippen LogP contribution is -2.50. The summed E-state index contributed by atoms with van der Waals surface area (Å²) >= 11 is 0. The zero-order valence-corrected chi connectivity index (χ0v) is 12.5. The SMILES string of the molecule is O=S1(=O)CCC(N(CC2CCCCN2)C2CC2)CC1. The van der Waals surface area contributed by atoms with Gasteiger partial charge in [-0.25, -0.2) is 8.42 Å². The van der Waals surface area contributed by atoms with Crippen LogP contribution in [0.5, 0.6) is 0 Å². The van der Waals surface area contributed by atoms with Gasteiger partial charge < -0.3 is 5.32 Å². The van der Waals surface area contributed by atoms with Gasteiger partial charge in [-0.15, -0.1) is 0 Å². The number of nitrogens with zero attached hydrogens (tertiary/aromatic N) is 1. The lowest BCUT2D eigenvalue weighted by molar-refractivity contribution is 0.147. The predicted octanol–water partition coefficient (Wildman–Crippen LogP) is 1.17. The second kappa shape index (κ2) is 5.70. The molecule has 5 heteroatoms. The molecule has 0 aromatic heterocycles. The highest BCUT2D eigenvalue weighted by Crippen LogP contribution is 2.32. The van der Waals surface area contributed by atoms with Gasteiger partial charge in [-0.3, -0.25) is 4.90 Å². The van der Waals surface area contributed by atoms with Gasteiger partial charge in [0.05, 0.1) is 11.5 Å². The van der Waals surface area contributed by atoms with E-state index in [0.717, 1.165) is 32.0 Å². The van der Waals surface area contributed by atoms with Crippen LogP contribution in [0.2, 0.25) is 0 Å². The Morgan fingerprint density at radius 2 is 1.63 bits per heavy atom. The van der Waals surface area contributed by atoms with Gasteiger partial charge in [-0.1, -0.05) is 6.42 Å². The average molecular weight is 286 g/mol. The van der Waals surface area contributed by atoms with Crippen molar-refractivity contribution < 1.29 is 8.42 Å². The van der Waals surface area contributed by atoms with Gasteiger partial charge in [0.25, 0.3) is 0 Å². The first-order valence-corrected chi connectivity index (χ1v) is 9.66. The molecular formula is C14H26N2O2S. The smallest absolute Gasteiger partial charge is 0.150 e. The molecule has 1 aliphatic carbocycles. The van der Waals surface area contributed by atoms with Gasteiger partial charge in [-0.2, -0.15) is 0 Å². The van der Waals surface area contributed by atoms with Gasteiger partial charge >= 0.3 is 0 Å². The molecule has 3 rings (SSSR count). The summed E-state index contributed by atoms with van der Waals surface area (Å²) in [6.07, 6.45) is 8.27. The number of rotatable bonds is 4. The highest BCUT2D eigenvalue weighted by atomic mass is 32.2. The molecule has 0 amide bonds. The molecule has 0 aromatic rings. The first-order valence-electron chi connectivity index (χ1n) is 7.84. The second-order valence-electron chi connectivity index (χ2n) is 6.46. The Labute approximate surface area is 116 Å². The Balaban J connectivity index is 1.58. The van der Waals surface area contributed by atoms with Crippen LogP contribution >= 0.6 is 0 Å². The highest BCUT2D eigenvalue weighted by Gasteiger charge is 2.37. The van der Waals surface area contributed by atoms with E-state index in [0.29, 0.717) is 23.6 Å². The fourth-order valence-electron chi connectivity index (χ4n) is 3.55. The lowest BCUT2D eigenvalue weighted by atomic mass is 10.0. The Bertz CT molecular complexity index is 386. The normalized spacial score (nSPS) is 32.6. The minimum atomic E-state index is -2.73. The minimum Gasteiger partial charge on any atom is -0.313 e. The molecule has 2 aliphatic heterocycles. The van der Waals surface area contributed by atoms with Crippen LogP contribution < -0.4 is 5.32 Å². The zero-order chi connectivity index (χ0) is 13.3. The van der Waals surface area contributed by atoms with Gasteiger partial charge in [0.1, 0.15) is 9.84 Å². The summed E-state index contributed by atoms with van der Waals surface area (Å²) in [7, 11) is -2.73. The van der Waals surface area contributed by atoms with Crippen LogP contribution in [0, 0.1) is 0 Å². The van der Waals surface area contributed by atoms with Gasteiger partial charge in [0, 0.05) is 24.7 Å². The summed E-state index contributed by atoms with van der Waals surface area (Å²) in [5.41, 5.74) is 0. The molecule has 2 heterocycles. The molecule has 2 saturated heterocycles. The third kappa shape index (κ3) is 3.70. The van der Waals surface area contributed by atoms with Crippen molar-refractivity contribution in [2.75, 3.05) is 24.6 Å². The van der Waals surface area contributed by atoms with E-state index >= 15 is 0 Å². The third-order valence-electron chi connectivity index (χ3n) is 4.85. The summed E-state index contributed by atoms with van der Waals surface area (Å²) in [6.45, 7) is 2.29. The van der Waals surface area contributed by atoms with E-state index in [1.165, 1.54) is 32.1 Å². The highest BCUT2D eigenvalue weighted by molar-refractivity contribution is 7.91. The monoisotopic (exact) mass is 286 g/mol. The first kappa shape index (κ1) is 13.8. The molecule has 0 radical (unpaired) electrons. The molecule has 0 spiro atoms. The summed E-state index contributed by atoms with van der Waals surface area (Å²) in [4.78, 5) is 2.64. The molecule has 0 aromatic carbocycles. The Morgan fingerprint density at radius 3 is 2.21 bits per heavy atom. The van der Waals surface area contributed by atoms with Crippen molar-refractivity contribution in [1.82, 2.24) is 10.2 Å². The molecule has 3 aliphatic rings. The fraction of sp³-hybridized carbons (Fsp3) is 1.00. The van der Waals surface area contributed by atoms with Crippen molar-refractivity contribution in [2.24, 2.45) is 0 Å². The fourth-order valence-corrected chi connectivity index (χ4v) is 5.01. The third-order valence-corrected chi connectivity index (χ3v) is 6.57. The van der Waals surface area contributed by atoms with Crippen molar-refractivity contribution >= 4 is 9.84 Å². The number of hydrogen-bond donors (Lipinski definition) is 1.